The van der Waals surface area contributed by atoms with Gasteiger partial charge in [0.25, 0.3) is 5.91 Å². The van der Waals surface area contributed by atoms with Crippen LogP contribution in [0, 0.1) is 5.41 Å². The Labute approximate surface area is 260 Å². The van der Waals surface area contributed by atoms with Gasteiger partial charge >= 0.3 is 0 Å². The van der Waals surface area contributed by atoms with Crippen molar-refractivity contribution in [1.82, 2.24) is 30.5 Å². The molecule has 0 bridgehead atoms. The van der Waals surface area contributed by atoms with Crippen LogP contribution >= 0.6 is 11.3 Å². The quantitative estimate of drug-likeness (QED) is 0.272. The number of hydrogen-bond acceptors (Lipinski definition) is 10. The first-order valence-corrected chi connectivity index (χ1v) is 15.9. The van der Waals surface area contributed by atoms with Crippen molar-refractivity contribution in [3.63, 3.8) is 0 Å². The monoisotopic (exact) mass is 621 g/mol. The van der Waals surface area contributed by atoms with E-state index in [1.165, 1.54) is 16.2 Å². The molecule has 0 radical (unpaired) electrons. The molecule has 44 heavy (non-hydrogen) atoms. The van der Waals surface area contributed by atoms with Crippen molar-refractivity contribution in [3.8, 4) is 17.4 Å². The van der Waals surface area contributed by atoms with Crippen LogP contribution in [0.25, 0.3) is 21.7 Å². The number of amides is 3. The third-order valence-corrected chi connectivity index (χ3v) is 8.73. The van der Waals surface area contributed by atoms with Crippen molar-refractivity contribution < 1.29 is 23.9 Å². The van der Waals surface area contributed by atoms with E-state index < -0.39 is 53.1 Å². The van der Waals surface area contributed by atoms with E-state index in [9.17, 15) is 19.2 Å². The molecule has 5 rings (SSSR count). The lowest BCUT2D eigenvalue weighted by molar-refractivity contribution is -0.143. The Bertz CT molecular complexity index is 1540. The predicted molar refractivity (Wildman–Crippen MR) is 166 cm³/mol. The zero-order chi connectivity index (χ0) is 31.6. The van der Waals surface area contributed by atoms with Gasteiger partial charge in [-0.05, 0) is 48.3 Å². The average molecular weight is 622 g/mol. The number of aromatic nitrogens is 3. The number of carbonyl (C=O) groups is 4. The zero-order valence-electron chi connectivity index (χ0n) is 25.4. The van der Waals surface area contributed by atoms with Crippen molar-refractivity contribution >= 4 is 45.1 Å². The van der Waals surface area contributed by atoms with Crippen molar-refractivity contribution in [2.45, 2.75) is 90.1 Å². The first-order chi connectivity index (χ1) is 21.0. The van der Waals surface area contributed by atoms with Gasteiger partial charge < -0.3 is 26.0 Å². The maximum absolute atomic E-state index is 13.8. The summed E-state index contributed by atoms with van der Waals surface area (Å²) in [6, 6.07) is 4.49. The van der Waals surface area contributed by atoms with E-state index in [0.29, 0.717) is 35.8 Å². The lowest BCUT2D eigenvalue weighted by atomic mass is 9.86. The Morgan fingerprint density at radius 2 is 1.93 bits per heavy atom. The van der Waals surface area contributed by atoms with E-state index in [1.54, 1.807) is 18.3 Å². The summed E-state index contributed by atoms with van der Waals surface area (Å²) in [6.45, 7) is 7.53. The molecular formula is C31H39N7O5S. The molecule has 1 saturated heterocycles. The second-order valence-corrected chi connectivity index (χ2v) is 13.4. The highest BCUT2D eigenvalue weighted by atomic mass is 32.1. The summed E-state index contributed by atoms with van der Waals surface area (Å²) in [5.74, 6) is -1.59. The number of nitrogens with zero attached hydrogens (tertiary/aromatic N) is 4. The molecule has 3 aromatic heterocycles. The molecule has 4 heterocycles. The van der Waals surface area contributed by atoms with E-state index in [2.05, 4.69) is 25.6 Å². The number of hydrogen-bond donors (Lipinski definition) is 3. The topological polar surface area (TPSA) is 170 Å². The molecule has 3 amide bonds. The van der Waals surface area contributed by atoms with Crippen LogP contribution in [0.4, 0.5) is 0 Å². The minimum atomic E-state index is -1.01. The number of rotatable bonds is 11. The third-order valence-electron chi connectivity index (χ3n) is 7.84. The number of fused-ring (bicyclic) bond motifs is 1. The summed E-state index contributed by atoms with van der Waals surface area (Å²) >= 11 is 1.43. The minimum Gasteiger partial charge on any atom is -0.471 e. The van der Waals surface area contributed by atoms with Crippen molar-refractivity contribution in [1.29, 1.82) is 0 Å². The first-order valence-electron chi connectivity index (χ1n) is 15.0. The van der Waals surface area contributed by atoms with Crippen LogP contribution in [0.1, 0.15) is 59.8 Å². The highest BCUT2D eigenvalue weighted by molar-refractivity contribution is 7.17. The van der Waals surface area contributed by atoms with Crippen LogP contribution in [0.15, 0.2) is 35.8 Å². The van der Waals surface area contributed by atoms with Crippen molar-refractivity contribution in [2.24, 2.45) is 11.1 Å². The van der Waals surface area contributed by atoms with Crippen LogP contribution in [0.5, 0.6) is 5.88 Å². The molecule has 13 heteroatoms. The standard InChI is InChI=1S/C31H39N7O5S/c1-5-8-19(23(39)28(41)34-17-10-11-17)36-27(40)22-15-18(16-38(22)30(42)25(32)31(2,3)4)43-29-24-20(12-14-44-24)35-26(37-29)21-9-6-7-13-33-21/h6-7,9,12-14,17-19,22,25H,5,8,10-11,15-16,32H2,1-4H3,(H,34,41)(H,36,40)/t18-,19+,22?,25-/m1/s1. The highest BCUT2D eigenvalue weighted by Gasteiger charge is 2.45. The molecule has 1 aliphatic heterocycles. The Kier molecular flexibility index (Phi) is 9.26. The molecule has 3 aromatic rings. The number of Topliss-reactive ketones (excluding diaryl/α,β-unsaturated/α-hetero) is 1. The summed E-state index contributed by atoms with van der Waals surface area (Å²) in [5.41, 5.74) is 7.09. The second-order valence-electron chi connectivity index (χ2n) is 12.5. The van der Waals surface area contributed by atoms with Gasteiger partial charge in [-0.1, -0.05) is 40.2 Å². The number of carbonyl (C=O) groups excluding carboxylic acids is 4. The van der Waals surface area contributed by atoms with E-state index in [4.69, 9.17) is 10.5 Å². The number of ether oxygens (including phenoxy) is 1. The smallest absolute Gasteiger partial charge is 0.289 e. The largest absolute Gasteiger partial charge is 0.471 e. The van der Waals surface area contributed by atoms with Crippen LogP contribution in [-0.2, 0) is 19.2 Å². The minimum absolute atomic E-state index is 0.0129. The number of nitrogens with one attached hydrogen (secondary N) is 2. The van der Waals surface area contributed by atoms with Gasteiger partial charge in [0.15, 0.2) is 5.82 Å². The van der Waals surface area contributed by atoms with Crippen LogP contribution in [0.3, 0.4) is 0 Å². The lowest BCUT2D eigenvalue weighted by Crippen LogP contribution is -2.57. The molecule has 4 atom stereocenters. The first kappa shape index (κ1) is 31.5. The second kappa shape index (κ2) is 12.9. The fourth-order valence-electron chi connectivity index (χ4n) is 5.08. The van der Waals surface area contributed by atoms with E-state index in [0.717, 1.165) is 17.5 Å². The number of nitrogens with two attached hydrogens (primary N) is 1. The molecule has 12 nitrogen and oxygen atoms in total. The number of ketones is 1. The molecule has 0 spiro atoms. The Morgan fingerprint density at radius 3 is 2.59 bits per heavy atom. The van der Waals surface area contributed by atoms with Gasteiger partial charge in [-0.25, -0.2) is 4.98 Å². The van der Waals surface area contributed by atoms with Crippen molar-refractivity contribution in [3.05, 3.63) is 35.8 Å². The molecule has 2 aliphatic rings. The summed E-state index contributed by atoms with van der Waals surface area (Å²) in [6.07, 6.45) is 3.74. The normalized spacial score (nSPS) is 19.8. The summed E-state index contributed by atoms with van der Waals surface area (Å²) in [7, 11) is 0. The average Bonchev–Trinajstić information content (AvgIpc) is 3.50. The van der Waals surface area contributed by atoms with Gasteiger partial charge in [-0.3, -0.25) is 24.2 Å². The fourth-order valence-corrected chi connectivity index (χ4v) is 5.84. The van der Waals surface area contributed by atoms with E-state index in [-0.39, 0.29) is 19.0 Å². The Hall–Kier alpha value is -3.97. The Morgan fingerprint density at radius 1 is 1.16 bits per heavy atom. The fraction of sp³-hybridized carbons (Fsp3) is 0.516. The number of pyridine rings is 1. The Balaban J connectivity index is 1.40. The SMILES string of the molecule is CCC[C@H](NC(=O)C1C[C@@H](Oc2nc(-c3ccccn3)nc3ccsc23)CN1C(=O)[C@@H](N)C(C)(C)C)C(=O)C(=O)NC1CC1. The maximum Gasteiger partial charge on any atom is 0.289 e. The summed E-state index contributed by atoms with van der Waals surface area (Å²) in [5, 5.41) is 7.36. The van der Waals surface area contributed by atoms with Crippen LogP contribution in [-0.4, -0.2) is 80.2 Å². The third kappa shape index (κ3) is 7.05. The molecule has 4 N–H and O–H groups in total. The molecule has 2 fully saturated rings. The van der Waals surface area contributed by atoms with Gasteiger partial charge in [0, 0.05) is 18.7 Å². The van der Waals surface area contributed by atoms with Gasteiger partial charge in [0.1, 0.15) is 22.5 Å². The number of thiophene rings is 1. The van der Waals surface area contributed by atoms with E-state index in [1.807, 2.05) is 45.2 Å². The molecule has 1 aliphatic carbocycles. The summed E-state index contributed by atoms with van der Waals surface area (Å²) < 4.78 is 7.14. The summed E-state index contributed by atoms with van der Waals surface area (Å²) in [4.78, 5) is 68.1. The van der Waals surface area contributed by atoms with Crippen LogP contribution in [0.2, 0.25) is 0 Å². The molecule has 1 saturated carbocycles. The van der Waals surface area contributed by atoms with Gasteiger partial charge in [0.2, 0.25) is 23.5 Å². The maximum atomic E-state index is 13.8. The molecule has 1 unspecified atom stereocenters. The van der Waals surface area contributed by atoms with Crippen molar-refractivity contribution in [2.75, 3.05) is 6.54 Å². The molecular weight excluding hydrogens is 582 g/mol. The highest BCUT2D eigenvalue weighted by Crippen LogP contribution is 2.33. The number of likely N-dealkylation sites (tertiary alicyclic amines) is 1. The van der Waals surface area contributed by atoms with Gasteiger partial charge in [-0.15, -0.1) is 11.3 Å². The molecule has 0 aromatic carbocycles. The zero-order valence-corrected chi connectivity index (χ0v) is 26.2. The van der Waals surface area contributed by atoms with Crippen LogP contribution < -0.4 is 21.1 Å². The lowest BCUT2D eigenvalue weighted by Gasteiger charge is -2.32. The van der Waals surface area contributed by atoms with Gasteiger partial charge in [0.05, 0.1) is 24.1 Å². The van der Waals surface area contributed by atoms with E-state index >= 15 is 0 Å². The van der Waals surface area contributed by atoms with Gasteiger partial charge in [-0.2, -0.15) is 4.98 Å². The molecule has 234 valence electrons. The predicted octanol–water partition coefficient (Wildman–Crippen LogP) is 2.61.